The number of hydrogen-bond acceptors (Lipinski definition) is 6. The van der Waals surface area contributed by atoms with Gasteiger partial charge in [-0.15, -0.1) is 15.3 Å². The predicted molar refractivity (Wildman–Crippen MR) is 112 cm³/mol. The van der Waals surface area contributed by atoms with Crippen molar-refractivity contribution in [3.05, 3.63) is 35.4 Å². The molecule has 8 heteroatoms. The number of anilines is 1. The van der Waals surface area contributed by atoms with Crippen molar-refractivity contribution in [2.45, 2.75) is 64.6 Å². The summed E-state index contributed by atoms with van der Waals surface area (Å²) in [7, 11) is 2.23. The largest absolute Gasteiger partial charge is 0.352 e. The number of likely N-dealkylation sites (N-methyl/N-ethyl adjacent to an activating group) is 1. The second-order valence-electron chi connectivity index (χ2n) is 9.51. The van der Waals surface area contributed by atoms with E-state index in [4.69, 9.17) is 5.10 Å². The quantitative estimate of drug-likeness (QED) is 0.676. The molecule has 0 aromatic carbocycles. The predicted octanol–water partition coefficient (Wildman–Crippen LogP) is 2.28. The fourth-order valence-corrected chi connectivity index (χ4v) is 4.35. The molecule has 0 unspecified atom stereocenters. The van der Waals surface area contributed by atoms with Crippen LogP contribution < -0.4 is 4.90 Å². The van der Waals surface area contributed by atoms with Crippen molar-refractivity contribution in [2.75, 3.05) is 25.0 Å². The standard InChI is InChI=1S/C21H30N8/c1-21(2,3)20-24-23-18-8-9-19(25-29(18)20)27-13-16(14-27)26(4)12-15-11-22-28-10-6-5-7-17(15)28/h8-9,11,16H,5-7,10,12-14H2,1-4H3. The molecule has 0 spiro atoms. The second kappa shape index (κ2) is 6.79. The first kappa shape index (κ1) is 18.5. The zero-order valence-corrected chi connectivity index (χ0v) is 17.8. The molecule has 0 aliphatic carbocycles. The lowest BCUT2D eigenvalue weighted by atomic mass is 9.96. The molecule has 2 aliphatic rings. The number of fused-ring (bicyclic) bond motifs is 2. The molecule has 29 heavy (non-hydrogen) atoms. The molecule has 0 bridgehead atoms. The Kier molecular flexibility index (Phi) is 4.34. The summed E-state index contributed by atoms with van der Waals surface area (Å²) in [5.41, 5.74) is 3.55. The van der Waals surface area contributed by atoms with Crippen molar-refractivity contribution in [3.8, 4) is 0 Å². The molecule has 8 nitrogen and oxygen atoms in total. The van der Waals surface area contributed by atoms with Crippen LogP contribution >= 0.6 is 0 Å². The fourth-order valence-electron chi connectivity index (χ4n) is 4.35. The summed E-state index contributed by atoms with van der Waals surface area (Å²) in [6.45, 7) is 10.5. The minimum Gasteiger partial charge on any atom is -0.352 e. The van der Waals surface area contributed by atoms with E-state index in [0.717, 1.165) is 43.5 Å². The smallest absolute Gasteiger partial charge is 0.178 e. The summed E-state index contributed by atoms with van der Waals surface area (Å²) in [6.07, 6.45) is 5.78. The lowest BCUT2D eigenvalue weighted by Gasteiger charge is -2.44. The topological polar surface area (TPSA) is 67.4 Å². The highest BCUT2D eigenvalue weighted by atomic mass is 15.4. The third-order valence-corrected chi connectivity index (χ3v) is 6.22. The zero-order chi connectivity index (χ0) is 20.2. The van der Waals surface area contributed by atoms with Crippen LogP contribution in [0.5, 0.6) is 0 Å². The summed E-state index contributed by atoms with van der Waals surface area (Å²) >= 11 is 0. The van der Waals surface area contributed by atoms with Gasteiger partial charge in [0.15, 0.2) is 11.5 Å². The molecule has 1 saturated heterocycles. The van der Waals surface area contributed by atoms with Gasteiger partial charge in [-0.05, 0) is 38.4 Å². The van der Waals surface area contributed by atoms with Crippen LogP contribution in [0, 0.1) is 0 Å². The molecule has 5 heterocycles. The molecule has 1 fully saturated rings. The highest BCUT2D eigenvalue weighted by Gasteiger charge is 2.32. The van der Waals surface area contributed by atoms with Gasteiger partial charge in [0.05, 0.1) is 6.20 Å². The van der Waals surface area contributed by atoms with E-state index in [-0.39, 0.29) is 5.41 Å². The molecule has 5 rings (SSSR count). The maximum atomic E-state index is 4.84. The lowest BCUT2D eigenvalue weighted by Crippen LogP contribution is -2.58. The monoisotopic (exact) mass is 394 g/mol. The second-order valence-corrected chi connectivity index (χ2v) is 9.51. The van der Waals surface area contributed by atoms with Gasteiger partial charge in [0.25, 0.3) is 0 Å². The van der Waals surface area contributed by atoms with E-state index >= 15 is 0 Å². The minimum absolute atomic E-state index is 0.0898. The molecule has 0 amide bonds. The Morgan fingerprint density at radius 1 is 1.14 bits per heavy atom. The third-order valence-electron chi connectivity index (χ3n) is 6.22. The minimum atomic E-state index is -0.0898. The van der Waals surface area contributed by atoms with Gasteiger partial charge in [-0.25, -0.2) is 0 Å². The van der Waals surface area contributed by atoms with E-state index < -0.39 is 0 Å². The SMILES string of the molecule is CN(Cc1cnn2c1CCCC2)C1CN(c2ccc3nnc(C(C)(C)C)n3n2)C1. The van der Waals surface area contributed by atoms with Crippen LogP contribution in [0.25, 0.3) is 5.65 Å². The molecule has 0 atom stereocenters. The van der Waals surface area contributed by atoms with E-state index in [9.17, 15) is 0 Å². The van der Waals surface area contributed by atoms with E-state index in [2.05, 4.69) is 69.9 Å². The van der Waals surface area contributed by atoms with Gasteiger partial charge >= 0.3 is 0 Å². The Balaban J connectivity index is 1.26. The number of aromatic nitrogens is 6. The van der Waals surface area contributed by atoms with E-state index in [1.807, 2.05) is 10.6 Å². The first-order valence-electron chi connectivity index (χ1n) is 10.6. The highest BCUT2D eigenvalue weighted by Crippen LogP contribution is 2.26. The average Bonchev–Trinajstić information content (AvgIpc) is 3.24. The molecule has 0 radical (unpaired) electrons. The molecular formula is C21H30N8. The van der Waals surface area contributed by atoms with Gasteiger partial charge in [0.1, 0.15) is 5.82 Å². The van der Waals surface area contributed by atoms with Gasteiger partial charge in [-0.2, -0.15) is 9.61 Å². The van der Waals surface area contributed by atoms with Gasteiger partial charge in [0.2, 0.25) is 0 Å². The van der Waals surface area contributed by atoms with E-state index in [1.54, 1.807) is 0 Å². The van der Waals surface area contributed by atoms with Crippen molar-refractivity contribution in [1.82, 2.24) is 34.5 Å². The summed E-state index contributed by atoms with van der Waals surface area (Å²) in [4.78, 5) is 4.79. The van der Waals surface area contributed by atoms with Crippen LogP contribution in [0.15, 0.2) is 18.3 Å². The van der Waals surface area contributed by atoms with E-state index in [1.165, 1.54) is 30.5 Å². The van der Waals surface area contributed by atoms with Gasteiger partial charge in [0, 0.05) is 48.9 Å². The molecule has 2 aliphatic heterocycles. The Hall–Kier alpha value is -2.48. The van der Waals surface area contributed by atoms with Crippen LogP contribution in [0.3, 0.4) is 0 Å². The van der Waals surface area contributed by atoms with Crippen LogP contribution in [-0.2, 0) is 24.9 Å². The Morgan fingerprint density at radius 3 is 2.76 bits per heavy atom. The number of aryl methyl sites for hydroxylation is 1. The van der Waals surface area contributed by atoms with Crippen LogP contribution in [0.4, 0.5) is 5.82 Å². The summed E-state index contributed by atoms with van der Waals surface area (Å²) in [6, 6.07) is 4.61. The van der Waals surface area contributed by atoms with Crippen molar-refractivity contribution in [2.24, 2.45) is 0 Å². The number of hydrogen-bond donors (Lipinski definition) is 0. The summed E-state index contributed by atoms with van der Waals surface area (Å²) in [5, 5.41) is 18.0. The summed E-state index contributed by atoms with van der Waals surface area (Å²) < 4.78 is 4.09. The molecule has 3 aromatic rings. The average molecular weight is 395 g/mol. The lowest BCUT2D eigenvalue weighted by molar-refractivity contribution is 0.196. The first-order valence-corrected chi connectivity index (χ1v) is 10.6. The van der Waals surface area contributed by atoms with Gasteiger partial charge in [-0.3, -0.25) is 9.58 Å². The molecule has 0 N–H and O–H groups in total. The van der Waals surface area contributed by atoms with Gasteiger partial charge in [-0.1, -0.05) is 20.8 Å². The maximum absolute atomic E-state index is 4.84. The Bertz CT molecular complexity index is 1020. The summed E-state index contributed by atoms with van der Waals surface area (Å²) in [5.74, 6) is 1.89. The molecular weight excluding hydrogens is 364 g/mol. The number of rotatable bonds is 4. The molecule has 3 aromatic heterocycles. The van der Waals surface area contributed by atoms with Crippen LogP contribution in [0.1, 0.15) is 50.7 Å². The third kappa shape index (κ3) is 3.29. The van der Waals surface area contributed by atoms with Crippen molar-refractivity contribution < 1.29 is 0 Å². The van der Waals surface area contributed by atoms with E-state index in [0.29, 0.717) is 6.04 Å². The van der Waals surface area contributed by atoms with Crippen LogP contribution in [0.2, 0.25) is 0 Å². The molecule has 0 saturated carbocycles. The Morgan fingerprint density at radius 2 is 1.97 bits per heavy atom. The van der Waals surface area contributed by atoms with Gasteiger partial charge < -0.3 is 4.90 Å². The van der Waals surface area contributed by atoms with Crippen molar-refractivity contribution >= 4 is 11.5 Å². The fraction of sp³-hybridized carbons (Fsp3) is 0.619. The van der Waals surface area contributed by atoms with Crippen molar-refractivity contribution in [1.29, 1.82) is 0 Å². The maximum Gasteiger partial charge on any atom is 0.178 e. The number of nitrogens with zero attached hydrogens (tertiary/aromatic N) is 8. The highest BCUT2D eigenvalue weighted by molar-refractivity contribution is 5.48. The first-order chi connectivity index (χ1) is 13.9. The normalized spacial score (nSPS) is 17.8. The molecule has 154 valence electrons. The van der Waals surface area contributed by atoms with Crippen LogP contribution in [-0.4, -0.2) is 60.7 Å². The Labute approximate surface area is 171 Å². The van der Waals surface area contributed by atoms with Crippen molar-refractivity contribution in [3.63, 3.8) is 0 Å². The zero-order valence-electron chi connectivity index (χ0n) is 17.8.